The summed E-state index contributed by atoms with van der Waals surface area (Å²) in [5, 5.41) is 6.58. The van der Waals surface area contributed by atoms with Gasteiger partial charge >= 0.3 is 0 Å². The van der Waals surface area contributed by atoms with Gasteiger partial charge in [0.25, 0.3) is 0 Å². The largest absolute Gasteiger partial charge is 0.469 e. The number of hydrogen-bond donors (Lipinski definition) is 2. The normalized spacial score (nSPS) is 10.9. The molecule has 4 nitrogen and oxygen atoms in total. The maximum atomic E-state index is 5.30. The van der Waals surface area contributed by atoms with E-state index in [4.69, 9.17) is 4.42 Å². The zero-order valence-corrected chi connectivity index (χ0v) is 16.0. The first-order valence-corrected chi connectivity index (χ1v) is 8.14. The van der Waals surface area contributed by atoms with E-state index < -0.39 is 0 Å². The lowest BCUT2D eigenvalue weighted by Gasteiger charge is -2.11. The van der Waals surface area contributed by atoms with Crippen molar-refractivity contribution in [1.29, 1.82) is 0 Å². The van der Waals surface area contributed by atoms with Gasteiger partial charge in [0.05, 0.1) is 6.26 Å². The Balaban J connectivity index is 0.00000242. The molecule has 22 heavy (non-hydrogen) atoms. The van der Waals surface area contributed by atoms with Crippen molar-refractivity contribution in [1.82, 2.24) is 10.6 Å². The van der Waals surface area contributed by atoms with Gasteiger partial charge in [0.15, 0.2) is 5.96 Å². The summed E-state index contributed by atoms with van der Waals surface area (Å²) in [5.41, 5.74) is 1.24. The first-order chi connectivity index (χ1) is 10.3. The highest BCUT2D eigenvalue weighted by Crippen LogP contribution is 2.14. The van der Waals surface area contributed by atoms with Crippen LogP contribution in [0.2, 0.25) is 0 Å². The first-order valence-electron chi connectivity index (χ1n) is 6.91. The van der Waals surface area contributed by atoms with Crippen LogP contribution in [0.15, 0.2) is 57.0 Å². The first kappa shape index (κ1) is 18.9. The lowest BCUT2D eigenvalue weighted by atomic mass is 10.2. The van der Waals surface area contributed by atoms with E-state index in [0.717, 1.165) is 31.2 Å². The van der Waals surface area contributed by atoms with Crippen LogP contribution in [0.4, 0.5) is 0 Å². The number of nitrogens with zero attached hydrogens (tertiary/aromatic N) is 1. The average molecular weight is 431 g/mol. The Kier molecular flexibility index (Phi) is 9.07. The van der Waals surface area contributed by atoms with Crippen LogP contribution < -0.4 is 10.6 Å². The van der Waals surface area contributed by atoms with Crippen molar-refractivity contribution in [2.75, 3.05) is 19.8 Å². The van der Waals surface area contributed by atoms with Gasteiger partial charge in [0.1, 0.15) is 5.76 Å². The fourth-order valence-electron chi connectivity index (χ4n) is 1.91. The van der Waals surface area contributed by atoms with Gasteiger partial charge < -0.3 is 15.1 Å². The molecule has 0 spiro atoms. The molecular formula is C16H22IN3OS. The number of thioether (sulfide) groups is 1. The molecule has 120 valence electrons. The van der Waals surface area contributed by atoms with Gasteiger partial charge in [0.2, 0.25) is 0 Å². The van der Waals surface area contributed by atoms with Crippen LogP contribution in [0.3, 0.4) is 0 Å². The zero-order chi connectivity index (χ0) is 14.9. The highest BCUT2D eigenvalue weighted by molar-refractivity contribution is 14.0. The summed E-state index contributed by atoms with van der Waals surface area (Å²) in [6.07, 6.45) is 4.62. The molecule has 1 aromatic heterocycles. The maximum Gasteiger partial charge on any atom is 0.191 e. The van der Waals surface area contributed by atoms with E-state index in [9.17, 15) is 0 Å². The number of rotatable bonds is 6. The van der Waals surface area contributed by atoms with Gasteiger partial charge in [0, 0.05) is 31.5 Å². The van der Waals surface area contributed by atoms with E-state index in [1.54, 1.807) is 25.1 Å². The number of nitrogens with one attached hydrogen (secondary N) is 2. The van der Waals surface area contributed by atoms with E-state index in [0.29, 0.717) is 0 Å². The third-order valence-electron chi connectivity index (χ3n) is 3.09. The number of guanidine groups is 1. The summed E-state index contributed by atoms with van der Waals surface area (Å²) in [6.45, 7) is 1.55. The maximum absolute atomic E-state index is 5.30. The third kappa shape index (κ3) is 6.31. The van der Waals surface area contributed by atoms with Crippen LogP contribution >= 0.6 is 35.7 Å². The summed E-state index contributed by atoms with van der Waals surface area (Å²) >= 11 is 1.75. The topological polar surface area (TPSA) is 49.6 Å². The van der Waals surface area contributed by atoms with Gasteiger partial charge in [-0.05, 0) is 36.1 Å². The molecule has 0 aliphatic heterocycles. The molecular weight excluding hydrogens is 409 g/mol. The van der Waals surface area contributed by atoms with Crippen LogP contribution in [0.5, 0.6) is 0 Å². The second-order valence-electron chi connectivity index (χ2n) is 4.53. The molecule has 6 heteroatoms. The molecule has 2 N–H and O–H groups in total. The number of aliphatic imine (C=N–C) groups is 1. The lowest BCUT2D eigenvalue weighted by molar-refractivity contribution is 0.507. The van der Waals surface area contributed by atoms with Crippen molar-refractivity contribution in [3.8, 4) is 0 Å². The molecule has 0 saturated carbocycles. The second-order valence-corrected chi connectivity index (χ2v) is 5.41. The van der Waals surface area contributed by atoms with Crippen molar-refractivity contribution in [3.05, 3.63) is 54.0 Å². The quantitative estimate of drug-likeness (QED) is 0.318. The monoisotopic (exact) mass is 431 g/mol. The minimum atomic E-state index is 0. The van der Waals surface area contributed by atoms with Gasteiger partial charge in [-0.2, -0.15) is 0 Å². The zero-order valence-electron chi connectivity index (χ0n) is 12.8. The van der Waals surface area contributed by atoms with Crippen LogP contribution in [0.1, 0.15) is 11.3 Å². The summed E-state index contributed by atoms with van der Waals surface area (Å²) < 4.78 is 5.30. The predicted octanol–water partition coefficient (Wildman–Crippen LogP) is 3.53. The Bertz CT molecular complexity index is 555. The molecule has 1 aromatic carbocycles. The minimum absolute atomic E-state index is 0. The third-order valence-corrected chi connectivity index (χ3v) is 3.83. The molecule has 0 aliphatic rings. The van der Waals surface area contributed by atoms with Crippen LogP contribution in [0.25, 0.3) is 0 Å². The molecule has 2 aromatic rings. The SMILES string of the molecule is CN=C(NCCc1ccco1)NCc1ccc(SC)cc1.I. The van der Waals surface area contributed by atoms with Crippen molar-refractivity contribution >= 4 is 41.7 Å². The number of hydrogen-bond acceptors (Lipinski definition) is 3. The van der Waals surface area contributed by atoms with Crippen molar-refractivity contribution < 1.29 is 4.42 Å². The van der Waals surface area contributed by atoms with Gasteiger partial charge in [-0.1, -0.05) is 12.1 Å². The Morgan fingerprint density at radius 1 is 1.18 bits per heavy atom. The number of benzene rings is 1. The van der Waals surface area contributed by atoms with E-state index in [2.05, 4.69) is 46.1 Å². The molecule has 0 unspecified atom stereocenters. The standard InChI is InChI=1S/C16H21N3OS.HI/c1-17-16(18-10-9-14-4-3-11-20-14)19-12-13-5-7-15(21-2)8-6-13;/h3-8,11H,9-10,12H2,1-2H3,(H2,17,18,19);1H. The van der Waals surface area contributed by atoms with E-state index in [-0.39, 0.29) is 24.0 Å². The highest BCUT2D eigenvalue weighted by atomic mass is 127. The Morgan fingerprint density at radius 2 is 1.95 bits per heavy atom. The molecule has 0 fully saturated rings. The van der Waals surface area contributed by atoms with Crippen LogP contribution in [-0.4, -0.2) is 25.8 Å². The van der Waals surface area contributed by atoms with Crippen molar-refractivity contribution in [2.45, 2.75) is 17.9 Å². The average Bonchev–Trinajstić information content (AvgIpc) is 3.04. The highest BCUT2D eigenvalue weighted by Gasteiger charge is 2.00. The van der Waals surface area contributed by atoms with Gasteiger partial charge in [-0.25, -0.2) is 0 Å². The van der Waals surface area contributed by atoms with E-state index in [1.165, 1.54) is 10.5 Å². The van der Waals surface area contributed by atoms with Crippen LogP contribution in [0, 0.1) is 0 Å². The summed E-state index contributed by atoms with van der Waals surface area (Å²) in [7, 11) is 1.78. The molecule has 0 bridgehead atoms. The predicted molar refractivity (Wildman–Crippen MR) is 104 cm³/mol. The van der Waals surface area contributed by atoms with Gasteiger partial charge in [-0.15, -0.1) is 35.7 Å². The van der Waals surface area contributed by atoms with Crippen molar-refractivity contribution in [3.63, 3.8) is 0 Å². The fraction of sp³-hybridized carbons (Fsp3) is 0.312. The summed E-state index contributed by atoms with van der Waals surface area (Å²) in [6, 6.07) is 12.4. The fourth-order valence-corrected chi connectivity index (χ4v) is 2.32. The Labute approximate surface area is 153 Å². The van der Waals surface area contributed by atoms with Crippen LogP contribution in [-0.2, 0) is 13.0 Å². The molecule has 0 atom stereocenters. The summed E-state index contributed by atoms with van der Waals surface area (Å²) in [4.78, 5) is 5.49. The number of furan rings is 1. The Morgan fingerprint density at radius 3 is 2.55 bits per heavy atom. The molecule has 0 saturated heterocycles. The van der Waals surface area contributed by atoms with Crippen molar-refractivity contribution in [2.24, 2.45) is 4.99 Å². The van der Waals surface area contributed by atoms with E-state index in [1.807, 2.05) is 12.1 Å². The molecule has 2 rings (SSSR count). The smallest absolute Gasteiger partial charge is 0.191 e. The molecule has 0 aliphatic carbocycles. The van der Waals surface area contributed by atoms with E-state index >= 15 is 0 Å². The second kappa shape index (κ2) is 10.6. The molecule has 1 heterocycles. The lowest BCUT2D eigenvalue weighted by Crippen LogP contribution is -2.37. The van der Waals surface area contributed by atoms with Gasteiger partial charge in [-0.3, -0.25) is 4.99 Å². The summed E-state index contributed by atoms with van der Waals surface area (Å²) in [5.74, 6) is 1.78. The number of halogens is 1. The Hall–Kier alpha value is -1.15. The molecule has 0 radical (unpaired) electrons. The molecule has 0 amide bonds. The minimum Gasteiger partial charge on any atom is -0.469 e.